The molecule has 18 heavy (non-hydrogen) atoms. The van der Waals surface area contributed by atoms with Gasteiger partial charge in [-0.3, -0.25) is 0 Å². The van der Waals surface area contributed by atoms with Gasteiger partial charge in [0.2, 0.25) is 0 Å². The van der Waals surface area contributed by atoms with Crippen LogP contribution in [0.3, 0.4) is 0 Å². The summed E-state index contributed by atoms with van der Waals surface area (Å²) in [5.74, 6) is 10.1. The number of fused-ring (bicyclic) bond motifs is 8. The van der Waals surface area contributed by atoms with Gasteiger partial charge in [0.05, 0.1) is 0 Å². The van der Waals surface area contributed by atoms with Gasteiger partial charge in [-0.2, -0.15) is 0 Å². The summed E-state index contributed by atoms with van der Waals surface area (Å²) in [4.78, 5) is 0. The van der Waals surface area contributed by atoms with E-state index in [-0.39, 0.29) is 0 Å². The highest BCUT2D eigenvalue weighted by atomic mass is 14.7. The van der Waals surface area contributed by atoms with Crippen molar-refractivity contribution in [3.8, 4) is 0 Å². The van der Waals surface area contributed by atoms with Gasteiger partial charge >= 0.3 is 0 Å². The Morgan fingerprint density at radius 2 is 1.56 bits per heavy atom. The first-order valence-corrected chi connectivity index (χ1v) is 8.72. The maximum absolute atomic E-state index is 2.50. The van der Waals surface area contributed by atoms with Crippen molar-refractivity contribution in [1.29, 1.82) is 0 Å². The SMILES string of the molecule is CCC1CC(C(C)C)C2C3CC(C4CCCC43)C12. The standard InChI is InChI=1S/C18H30/c1-4-11-8-14(10(2)3)18-16-9-15(17(11)18)12-6-5-7-13(12)16/h10-18H,4-9H2,1-3H3. The first-order valence-electron chi connectivity index (χ1n) is 8.72. The highest BCUT2D eigenvalue weighted by Crippen LogP contribution is 2.70. The van der Waals surface area contributed by atoms with E-state index in [0.717, 1.165) is 35.5 Å². The predicted octanol–water partition coefficient (Wildman–Crippen LogP) is 4.99. The minimum absolute atomic E-state index is 0.938. The lowest BCUT2D eigenvalue weighted by Gasteiger charge is -2.39. The lowest BCUT2D eigenvalue weighted by Crippen LogP contribution is -2.34. The van der Waals surface area contributed by atoms with Crippen LogP contribution >= 0.6 is 0 Å². The minimum atomic E-state index is 0.938. The predicted molar refractivity (Wildman–Crippen MR) is 76.1 cm³/mol. The Morgan fingerprint density at radius 3 is 2.17 bits per heavy atom. The van der Waals surface area contributed by atoms with E-state index >= 15 is 0 Å². The van der Waals surface area contributed by atoms with E-state index in [4.69, 9.17) is 0 Å². The Morgan fingerprint density at radius 1 is 0.889 bits per heavy atom. The third-order valence-corrected chi connectivity index (χ3v) is 7.70. The zero-order valence-electron chi connectivity index (χ0n) is 12.4. The Bertz CT molecular complexity index is 331. The van der Waals surface area contributed by atoms with Gasteiger partial charge in [-0.1, -0.05) is 33.6 Å². The zero-order chi connectivity index (χ0) is 12.4. The summed E-state index contributed by atoms with van der Waals surface area (Å²) in [5.41, 5.74) is 0. The van der Waals surface area contributed by atoms with Crippen LogP contribution in [-0.2, 0) is 0 Å². The average molecular weight is 246 g/mol. The average Bonchev–Trinajstić information content (AvgIpc) is 3.05. The summed E-state index contributed by atoms with van der Waals surface area (Å²) in [7, 11) is 0. The third kappa shape index (κ3) is 1.33. The van der Waals surface area contributed by atoms with Crippen LogP contribution in [0.15, 0.2) is 0 Å². The Hall–Kier alpha value is 0. The lowest BCUT2D eigenvalue weighted by atomic mass is 9.66. The summed E-state index contributed by atoms with van der Waals surface area (Å²) < 4.78 is 0. The smallest absolute Gasteiger partial charge is 0.0318 e. The molecule has 0 nitrogen and oxygen atoms in total. The second-order valence-corrected chi connectivity index (χ2v) is 8.29. The summed E-state index contributed by atoms with van der Waals surface area (Å²) >= 11 is 0. The Labute approximate surface area is 113 Å². The molecule has 0 saturated heterocycles. The number of hydrogen-bond donors (Lipinski definition) is 0. The molecular weight excluding hydrogens is 216 g/mol. The molecule has 2 bridgehead atoms. The second kappa shape index (κ2) is 4.00. The number of hydrogen-bond acceptors (Lipinski definition) is 0. The molecule has 4 fully saturated rings. The van der Waals surface area contributed by atoms with Crippen molar-refractivity contribution in [3.63, 3.8) is 0 Å². The van der Waals surface area contributed by atoms with Gasteiger partial charge in [-0.05, 0) is 78.9 Å². The van der Waals surface area contributed by atoms with Crippen molar-refractivity contribution in [2.75, 3.05) is 0 Å². The first-order chi connectivity index (χ1) is 8.72. The molecule has 0 amide bonds. The van der Waals surface area contributed by atoms with Crippen LogP contribution in [0.2, 0.25) is 0 Å². The monoisotopic (exact) mass is 246 g/mol. The van der Waals surface area contributed by atoms with E-state index in [1.807, 2.05) is 0 Å². The van der Waals surface area contributed by atoms with E-state index in [9.17, 15) is 0 Å². The molecule has 4 aliphatic rings. The van der Waals surface area contributed by atoms with Gasteiger partial charge in [0, 0.05) is 0 Å². The molecule has 8 atom stereocenters. The van der Waals surface area contributed by atoms with E-state index in [2.05, 4.69) is 20.8 Å². The maximum atomic E-state index is 2.50. The number of rotatable bonds is 2. The molecule has 0 aromatic carbocycles. The zero-order valence-corrected chi connectivity index (χ0v) is 12.4. The molecule has 0 heterocycles. The second-order valence-electron chi connectivity index (χ2n) is 8.29. The fourth-order valence-electron chi connectivity index (χ4n) is 7.29. The minimum Gasteiger partial charge on any atom is -0.0651 e. The van der Waals surface area contributed by atoms with Gasteiger partial charge in [-0.25, -0.2) is 0 Å². The molecule has 0 aromatic rings. The summed E-state index contributed by atoms with van der Waals surface area (Å²) in [6.45, 7) is 7.46. The van der Waals surface area contributed by atoms with Crippen molar-refractivity contribution in [2.45, 2.75) is 59.3 Å². The summed E-state index contributed by atoms with van der Waals surface area (Å²) in [6, 6.07) is 0. The van der Waals surface area contributed by atoms with Crippen LogP contribution in [0.5, 0.6) is 0 Å². The molecule has 102 valence electrons. The molecule has 0 aliphatic heterocycles. The summed E-state index contributed by atoms with van der Waals surface area (Å²) in [6.07, 6.45) is 9.44. The van der Waals surface area contributed by atoms with Gasteiger partial charge < -0.3 is 0 Å². The Kier molecular flexibility index (Phi) is 2.62. The van der Waals surface area contributed by atoms with Crippen molar-refractivity contribution >= 4 is 0 Å². The van der Waals surface area contributed by atoms with Crippen molar-refractivity contribution in [2.24, 2.45) is 53.3 Å². The molecule has 0 heteroatoms. The van der Waals surface area contributed by atoms with Crippen molar-refractivity contribution in [3.05, 3.63) is 0 Å². The molecule has 4 saturated carbocycles. The maximum Gasteiger partial charge on any atom is -0.0318 e. The largest absolute Gasteiger partial charge is 0.0651 e. The molecule has 8 unspecified atom stereocenters. The molecule has 4 aliphatic carbocycles. The third-order valence-electron chi connectivity index (χ3n) is 7.70. The molecule has 4 rings (SSSR count). The van der Waals surface area contributed by atoms with Crippen molar-refractivity contribution < 1.29 is 0 Å². The summed E-state index contributed by atoms with van der Waals surface area (Å²) in [5, 5.41) is 0. The topological polar surface area (TPSA) is 0 Å². The van der Waals surface area contributed by atoms with Crippen LogP contribution in [-0.4, -0.2) is 0 Å². The Balaban J connectivity index is 1.67. The van der Waals surface area contributed by atoms with Crippen molar-refractivity contribution in [1.82, 2.24) is 0 Å². The molecule has 0 radical (unpaired) electrons. The fourth-order valence-corrected chi connectivity index (χ4v) is 7.29. The van der Waals surface area contributed by atoms with Gasteiger partial charge in [0.25, 0.3) is 0 Å². The molecule has 0 spiro atoms. The van der Waals surface area contributed by atoms with Crippen LogP contribution in [0.1, 0.15) is 59.3 Å². The normalized spacial score (nSPS) is 57.3. The highest BCUT2D eigenvalue weighted by molar-refractivity contribution is 5.12. The van der Waals surface area contributed by atoms with Crippen LogP contribution in [0.4, 0.5) is 0 Å². The van der Waals surface area contributed by atoms with Gasteiger partial charge in [0.1, 0.15) is 0 Å². The van der Waals surface area contributed by atoms with Crippen LogP contribution < -0.4 is 0 Å². The first kappa shape index (κ1) is 11.8. The lowest BCUT2D eigenvalue weighted by molar-refractivity contribution is 0.0852. The van der Waals surface area contributed by atoms with Gasteiger partial charge in [0.15, 0.2) is 0 Å². The quantitative estimate of drug-likeness (QED) is 0.644. The van der Waals surface area contributed by atoms with E-state index in [1.54, 1.807) is 32.1 Å². The van der Waals surface area contributed by atoms with Crippen LogP contribution in [0, 0.1) is 53.3 Å². The molecule has 0 N–H and O–H groups in total. The van der Waals surface area contributed by atoms with Gasteiger partial charge in [-0.15, -0.1) is 0 Å². The highest BCUT2D eigenvalue weighted by Gasteiger charge is 2.64. The van der Waals surface area contributed by atoms with Crippen LogP contribution in [0.25, 0.3) is 0 Å². The van der Waals surface area contributed by atoms with E-state index < -0.39 is 0 Å². The molecular formula is C18H30. The van der Waals surface area contributed by atoms with E-state index in [0.29, 0.717) is 0 Å². The fraction of sp³-hybridized carbons (Fsp3) is 1.00. The van der Waals surface area contributed by atoms with E-state index in [1.165, 1.54) is 24.2 Å². The molecule has 0 aromatic heterocycles.